The number of hydrogen-bond donors (Lipinski definition) is 3. The summed E-state index contributed by atoms with van der Waals surface area (Å²) in [6.07, 6.45) is 9.87. The highest BCUT2D eigenvalue weighted by molar-refractivity contribution is 5.03. The van der Waals surface area contributed by atoms with Crippen molar-refractivity contribution in [2.24, 2.45) is 23.7 Å². The van der Waals surface area contributed by atoms with Crippen LogP contribution in [0.3, 0.4) is 0 Å². The Morgan fingerprint density at radius 1 is 0.500 bits per heavy atom. The van der Waals surface area contributed by atoms with Gasteiger partial charge in [0.15, 0.2) is 0 Å². The quantitative estimate of drug-likeness (QED) is 0.689. The Morgan fingerprint density at radius 3 is 1.92 bits per heavy atom. The van der Waals surface area contributed by atoms with Gasteiger partial charge in [-0.25, -0.2) is 0 Å². The lowest BCUT2D eigenvalue weighted by Crippen LogP contribution is -2.64. The highest BCUT2D eigenvalue weighted by Crippen LogP contribution is 2.42. The van der Waals surface area contributed by atoms with Gasteiger partial charge in [-0.3, -0.25) is 0 Å². The third-order valence-corrected chi connectivity index (χ3v) is 8.28. The van der Waals surface area contributed by atoms with E-state index in [0.717, 1.165) is 35.8 Å². The van der Waals surface area contributed by atoms with Crippen molar-refractivity contribution in [3.8, 4) is 0 Å². The van der Waals surface area contributed by atoms with Crippen molar-refractivity contribution < 1.29 is 0 Å². The maximum absolute atomic E-state index is 4.12. The first-order valence-electron chi connectivity index (χ1n) is 10.8. The van der Waals surface area contributed by atoms with Crippen molar-refractivity contribution in [1.29, 1.82) is 0 Å². The first-order chi connectivity index (χ1) is 11.5. The summed E-state index contributed by atoms with van der Waals surface area (Å²) in [6.45, 7) is 9.60. The molecule has 4 aliphatic rings. The van der Waals surface area contributed by atoms with Crippen LogP contribution in [0.2, 0.25) is 0 Å². The van der Waals surface area contributed by atoms with Crippen LogP contribution in [0.25, 0.3) is 0 Å². The molecule has 3 heterocycles. The maximum atomic E-state index is 4.12. The van der Waals surface area contributed by atoms with Gasteiger partial charge in [0.1, 0.15) is 0 Å². The third-order valence-electron chi connectivity index (χ3n) is 8.28. The third kappa shape index (κ3) is 3.29. The van der Waals surface area contributed by atoms with Gasteiger partial charge in [0.25, 0.3) is 0 Å². The Hall–Kier alpha value is -0.120. The van der Waals surface area contributed by atoms with E-state index in [1.165, 1.54) is 44.9 Å². The molecule has 0 aromatic carbocycles. The molecule has 1 aliphatic carbocycles. The number of piperidine rings is 3. The van der Waals surface area contributed by atoms with E-state index >= 15 is 0 Å². The van der Waals surface area contributed by atoms with Gasteiger partial charge in [-0.1, -0.05) is 13.8 Å². The average Bonchev–Trinajstić information content (AvgIpc) is 2.56. The van der Waals surface area contributed by atoms with Crippen molar-refractivity contribution in [3.05, 3.63) is 0 Å². The van der Waals surface area contributed by atoms with Crippen molar-refractivity contribution in [3.63, 3.8) is 0 Å². The van der Waals surface area contributed by atoms with Gasteiger partial charge < -0.3 is 16.0 Å². The van der Waals surface area contributed by atoms with E-state index in [1.54, 1.807) is 0 Å². The van der Waals surface area contributed by atoms with E-state index in [4.69, 9.17) is 0 Å². The zero-order valence-corrected chi connectivity index (χ0v) is 16.2. The van der Waals surface area contributed by atoms with Gasteiger partial charge in [-0.05, 0) is 82.5 Å². The molecule has 0 bridgehead atoms. The first kappa shape index (κ1) is 17.3. The smallest absolute Gasteiger partial charge is 0.0224 e. The monoisotopic (exact) mass is 333 g/mol. The lowest BCUT2D eigenvalue weighted by Gasteiger charge is -2.52. The minimum atomic E-state index is 0.682. The predicted octanol–water partition coefficient (Wildman–Crippen LogP) is 3.30. The van der Waals surface area contributed by atoms with Gasteiger partial charge in [-0.15, -0.1) is 0 Å². The van der Waals surface area contributed by atoms with Crippen LogP contribution in [-0.2, 0) is 0 Å². The Labute approximate surface area is 149 Å². The Morgan fingerprint density at radius 2 is 1.12 bits per heavy atom. The molecule has 3 N–H and O–H groups in total. The van der Waals surface area contributed by atoms with Crippen molar-refractivity contribution in [2.45, 2.75) is 109 Å². The van der Waals surface area contributed by atoms with Crippen LogP contribution in [0.4, 0.5) is 0 Å². The van der Waals surface area contributed by atoms with E-state index < -0.39 is 0 Å². The fourth-order valence-electron chi connectivity index (χ4n) is 6.21. The Balaban J connectivity index is 1.37. The lowest BCUT2D eigenvalue weighted by molar-refractivity contribution is 0.0510. The van der Waals surface area contributed by atoms with Crippen LogP contribution >= 0.6 is 0 Å². The summed E-state index contributed by atoms with van der Waals surface area (Å²) in [7, 11) is 0. The fourth-order valence-corrected chi connectivity index (χ4v) is 6.21. The standard InChI is InChI=1S/C21H39N3/c1-12-5-7-18(22-14(12)3)19-8-6-16-10-17-9-13(2)15(4)23-21(17)11-20(16)24-19/h12-24H,5-11H2,1-4H3. The molecule has 10 atom stereocenters. The first-order valence-corrected chi connectivity index (χ1v) is 10.8. The van der Waals surface area contributed by atoms with Crippen LogP contribution < -0.4 is 16.0 Å². The summed E-state index contributed by atoms with van der Waals surface area (Å²) in [5.41, 5.74) is 0. The highest BCUT2D eigenvalue weighted by Gasteiger charge is 2.44. The Kier molecular flexibility index (Phi) is 4.96. The average molecular weight is 334 g/mol. The zero-order chi connectivity index (χ0) is 16.8. The molecule has 3 aliphatic heterocycles. The number of fused-ring (bicyclic) bond motifs is 2. The van der Waals surface area contributed by atoms with Crippen molar-refractivity contribution in [1.82, 2.24) is 16.0 Å². The SMILES string of the molecule is CC1CC2CC3CCC(C4CCC(C)C(C)N4)NC3CC2NC1C. The normalized spacial score (nSPS) is 55.5. The largest absolute Gasteiger partial charge is 0.311 e. The predicted molar refractivity (Wildman–Crippen MR) is 101 cm³/mol. The second-order valence-electron chi connectivity index (χ2n) is 9.84. The van der Waals surface area contributed by atoms with Crippen LogP contribution in [0, 0.1) is 23.7 Å². The zero-order valence-electron chi connectivity index (χ0n) is 16.2. The van der Waals surface area contributed by atoms with Crippen LogP contribution in [0.15, 0.2) is 0 Å². The van der Waals surface area contributed by atoms with E-state index in [1.807, 2.05) is 0 Å². The van der Waals surface area contributed by atoms with Crippen molar-refractivity contribution >= 4 is 0 Å². The summed E-state index contributed by atoms with van der Waals surface area (Å²) < 4.78 is 0. The molecule has 0 radical (unpaired) electrons. The Bertz CT molecular complexity index is 435. The molecule has 3 saturated heterocycles. The van der Waals surface area contributed by atoms with E-state index in [0.29, 0.717) is 24.2 Å². The minimum Gasteiger partial charge on any atom is -0.311 e. The lowest BCUT2D eigenvalue weighted by atomic mass is 9.65. The maximum Gasteiger partial charge on any atom is 0.0224 e. The molecule has 0 spiro atoms. The van der Waals surface area contributed by atoms with E-state index in [9.17, 15) is 0 Å². The topological polar surface area (TPSA) is 36.1 Å². The molecule has 0 aromatic heterocycles. The fraction of sp³-hybridized carbons (Fsp3) is 1.00. The molecular weight excluding hydrogens is 294 g/mol. The molecule has 138 valence electrons. The summed E-state index contributed by atoms with van der Waals surface area (Å²) in [4.78, 5) is 0. The molecule has 4 fully saturated rings. The van der Waals surface area contributed by atoms with Gasteiger partial charge in [-0.2, -0.15) is 0 Å². The summed E-state index contributed by atoms with van der Waals surface area (Å²) in [5, 5.41) is 12.0. The van der Waals surface area contributed by atoms with Gasteiger partial charge >= 0.3 is 0 Å². The second kappa shape index (κ2) is 6.89. The highest BCUT2D eigenvalue weighted by atomic mass is 15.1. The molecule has 10 unspecified atom stereocenters. The molecule has 24 heavy (non-hydrogen) atoms. The summed E-state index contributed by atoms with van der Waals surface area (Å²) in [6, 6.07) is 4.31. The molecule has 1 saturated carbocycles. The van der Waals surface area contributed by atoms with Gasteiger partial charge in [0, 0.05) is 36.3 Å². The van der Waals surface area contributed by atoms with Crippen LogP contribution in [-0.4, -0.2) is 36.3 Å². The van der Waals surface area contributed by atoms with E-state index in [2.05, 4.69) is 43.6 Å². The van der Waals surface area contributed by atoms with Crippen molar-refractivity contribution in [2.75, 3.05) is 0 Å². The van der Waals surface area contributed by atoms with Crippen LogP contribution in [0.5, 0.6) is 0 Å². The molecule has 3 heteroatoms. The van der Waals surface area contributed by atoms with E-state index in [-0.39, 0.29) is 0 Å². The van der Waals surface area contributed by atoms with Crippen LogP contribution in [0.1, 0.15) is 72.6 Å². The summed E-state index contributed by atoms with van der Waals surface area (Å²) >= 11 is 0. The molecule has 0 aromatic rings. The minimum absolute atomic E-state index is 0.682. The number of rotatable bonds is 1. The molecule has 3 nitrogen and oxygen atoms in total. The molecule has 4 rings (SSSR count). The second-order valence-corrected chi connectivity index (χ2v) is 9.84. The van der Waals surface area contributed by atoms with Gasteiger partial charge in [0.05, 0.1) is 0 Å². The molecular formula is C21H39N3. The summed E-state index contributed by atoms with van der Waals surface area (Å²) in [5.74, 6) is 3.55. The molecule has 0 amide bonds. The number of hydrogen-bond acceptors (Lipinski definition) is 3. The van der Waals surface area contributed by atoms with Gasteiger partial charge in [0.2, 0.25) is 0 Å². The number of nitrogens with one attached hydrogen (secondary N) is 3.